The maximum atomic E-state index is 13.4. The van der Waals surface area contributed by atoms with Gasteiger partial charge in [0.2, 0.25) is 0 Å². The zero-order chi connectivity index (χ0) is 22.9. The van der Waals surface area contributed by atoms with E-state index in [1.807, 2.05) is 55.4 Å². The molecule has 0 aromatic heterocycles. The van der Waals surface area contributed by atoms with Gasteiger partial charge in [0.1, 0.15) is 5.82 Å². The summed E-state index contributed by atoms with van der Waals surface area (Å²) < 4.78 is 13.4. The molecule has 4 nitrogen and oxygen atoms in total. The minimum absolute atomic E-state index is 0.236. The SMILES string of the molecule is CN(C)c1ccc([C@H]2CC(c3ccc4ccccc4c3)=NN2C(=O)c2ccc(F)cc2)cc1. The number of hydrazone groups is 1. The zero-order valence-electron chi connectivity index (χ0n) is 18.6. The first kappa shape index (κ1) is 20.9. The van der Waals surface area contributed by atoms with Gasteiger partial charge in [0.05, 0.1) is 11.8 Å². The largest absolute Gasteiger partial charge is 0.378 e. The van der Waals surface area contributed by atoms with Gasteiger partial charge < -0.3 is 4.90 Å². The van der Waals surface area contributed by atoms with Crippen molar-refractivity contribution >= 4 is 28.1 Å². The van der Waals surface area contributed by atoms with E-state index >= 15 is 0 Å². The van der Waals surface area contributed by atoms with Crippen molar-refractivity contribution in [2.75, 3.05) is 19.0 Å². The van der Waals surface area contributed by atoms with Crippen molar-refractivity contribution in [2.45, 2.75) is 12.5 Å². The summed E-state index contributed by atoms with van der Waals surface area (Å²) in [4.78, 5) is 15.4. The quantitative estimate of drug-likeness (QED) is 0.390. The molecule has 0 spiro atoms. The highest BCUT2D eigenvalue weighted by atomic mass is 19.1. The Balaban J connectivity index is 1.54. The molecular formula is C28H24FN3O. The molecule has 1 atom stereocenters. The fraction of sp³-hybridized carbons (Fsp3) is 0.143. The Kier molecular flexibility index (Phi) is 5.38. The highest BCUT2D eigenvalue weighted by molar-refractivity contribution is 6.06. The lowest BCUT2D eigenvalue weighted by Crippen LogP contribution is -2.27. The second-order valence-electron chi connectivity index (χ2n) is 8.47. The van der Waals surface area contributed by atoms with Crippen LogP contribution in [0.2, 0.25) is 0 Å². The minimum Gasteiger partial charge on any atom is -0.378 e. The van der Waals surface area contributed by atoms with E-state index in [0.29, 0.717) is 12.0 Å². The van der Waals surface area contributed by atoms with Crippen molar-refractivity contribution in [1.29, 1.82) is 0 Å². The Morgan fingerprint density at radius 1 is 0.909 bits per heavy atom. The first-order chi connectivity index (χ1) is 16.0. The van der Waals surface area contributed by atoms with Crippen LogP contribution in [-0.2, 0) is 0 Å². The molecule has 5 heteroatoms. The monoisotopic (exact) mass is 437 g/mol. The van der Waals surface area contributed by atoms with Gasteiger partial charge in [-0.2, -0.15) is 5.10 Å². The fourth-order valence-electron chi connectivity index (χ4n) is 4.22. The second kappa shape index (κ2) is 8.51. The molecule has 33 heavy (non-hydrogen) atoms. The molecule has 1 aliphatic heterocycles. The van der Waals surface area contributed by atoms with Crippen LogP contribution in [-0.4, -0.2) is 30.7 Å². The molecule has 0 N–H and O–H groups in total. The van der Waals surface area contributed by atoms with Crippen LogP contribution in [0.5, 0.6) is 0 Å². The summed E-state index contributed by atoms with van der Waals surface area (Å²) in [5, 5.41) is 8.61. The van der Waals surface area contributed by atoms with Gasteiger partial charge in [-0.15, -0.1) is 0 Å². The predicted octanol–water partition coefficient (Wildman–Crippen LogP) is 6.04. The van der Waals surface area contributed by atoms with Gasteiger partial charge in [0, 0.05) is 31.8 Å². The number of hydrogen-bond donors (Lipinski definition) is 0. The van der Waals surface area contributed by atoms with Crippen LogP contribution in [0.3, 0.4) is 0 Å². The number of benzene rings is 4. The van der Waals surface area contributed by atoms with Crippen LogP contribution in [0.15, 0.2) is 96.1 Å². The van der Waals surface area contributed by atoms with Crippen molar-refractivity contribution < 1.29 is 9.18 Å². The minimum atomic E-state index is -0.371. The topological polar surface area (TPSA) is 35.9 Å². The number of anilines is 1. The summed E-state index contributed by atoms with van der Waals surface area (Å²) in [6.45, 7) is 0. The van der Waals surface area contributed by atoms with Crippen LogP contribution in [0, 0.1) is 5.82 Å². The molecule has 1 amide bonds. The van der Waals surface area contributed by atoms with E-state index in [1.54, 1.807) is 5.01 Å². The van der Waals surface area contributed by atoms with Crippen LogP contribution < -0.4 is 4.90 Å². The normalized spacial score (nSPS) is 15.5. The van der Waals surface area contributed by atoms with Gasteiger partial charge in [-0.25, -0.2) is 9.40 Å². The molecule has 0 bridgehead atoms. The van der Waals surface area contributed by atoms with Crippen molar-refractivity contribution in [2.24, 2.45) is 5.10 Å². The van der Waals surface area contributed by atoms with Crippen molar-refractivity contribution in [3.8, 4) is 0 Å². The summed E-state index contributed by atoms with van der Waals surface area (Å²) in [7, 11) is 3.99. The van der Waals surface area contributed by atoms with Crippen LogP contribution in [0.25, 0.3) is 10.8 Å². The van der Waals surface area contributed by atoms with Crippen LogP contribution in [0.4, 0.5) is 10.1 Å². The lowest BCUT2D eigenvalue weighted by molar-refractivity contribution is 0.0711. The van der Waals surface area contributed by atoms with Crippen molar-refractivity contribution in [3.05, 3.63) is 114 Å². The average molecular weight is 438 g/mol. The lowest BCUT2D eigenvalue weighted by Gasteiger charge is -2.23. The Morgan fingerprint density at radius 3 is 2.30 bits per heavy atom. The number of rotatable bonds is 4. The summed E-state index contributed by atoms with van der Waals surface area (Å²) in [6, 6.07) is 28.0. The van der Waals surface area contributed by atoms with Crippen LogP contribution in [0.1, 0.15) is 33.9 Å². The van der Waals surface area contributed by atoms with E-state index in [2.05, 4.69) is 30.3 Å². The molecule has 0 saturated heterocycles. The molecule has 0 fully saturated rings. The molecule has 4 aromatic carbocycles. The number of amides is 1. The van der Waals surface area contributed by atoms with Gasteiger partial charge in [0.25, 0.3) is 5.91 Å². The Hall–Kier alpha value is -3.99. The number of hydrogen-bond acceptors (Lipinski definition) is 3. The first-order valence-electron chi connectivity index (χ1n) is 10.9. The van der Waals surface area contributed by atoms with E-state index in [9.17, 15) is 9.18 Å². The number of carbonyl (C=O) groups excluding carboxylic acids is 1. The number of carbonyl (C=O) groups is 1. The smallest absolute Gasteiger partial charge is 0.274 e. The zero-order valence-corrected chi connectivity index (χ0v) is 18.6. The van der Waals surface area contributed by atoms with Gasteiger partial charge in [-0.05, 0) is 64.4 Å². The maximum Gasteiger partial charge on any atom is 0.274 e. The third-order valence-electron chi connectivity index (χ3n) is 6.09. The summed E-state index contributed by atoms with van der Waals surface area (Å²) in [6.07, 6.45) is 0.604. The Bertz CT molecular complexity index is 1340. The number of halogens is 1. The number of fused-ring (bicyclic) bond motifs is 1. The molecule has 1 aliphatic rings. The third kappa shape index (κ3) is 4.10. The summed E-state index contributed by atoms with van der Waals surface area (Å²) in [5.41, 5.74) is 4.37. The third-order valence-corrected chi connectivity index (χ3v) is 6.09. The first-order valence-corrected chi connectivity index (χ1v) is 10.9. The van der Waals surface area contributed by atoms with Crippen LogP contribution >= 0.6 is 0 Å². The molecule has 164 valence electrons. The van der Waals surface area contributed by atoms with E-state index < -0.39 is 0 Å². The molecule has 0 unspecified atom stereocenters. The molecular weight excluding hydrogens is 413 g/mol. The Morgan fingerprint density at radius 2 is 1.61 bits per heavy atom. The maximum absolute atomic E-state index is 13.4. The van der Waals surface area contributed by atoms with E-state index in [-0.39, 0.29) is 17.8 Å². The molecule has 4 aromatic rings. The highest BCUT2D eigenvalue weighted by Crippen LogP contribution is 2.35. The standard InChI is InChI=1S/C28H24FN3O/c1-31(2)25-15-11-20(12-16-25)27-18-26(23-8-7-19-5-3-4-6-22(19)17-23)30-32(27)28(33)21-9-13-24(29)14-10-21/h3-17,27H,18H2,1-2H3/t27-/m1/s1. The van der Waals surface area contributed by atoms with E-state index in [0.717, 1.165) is 33.3 Å². The Labute approximate surface area is 192 Å². The van der Waals surface area contributed by atoms with Crippen molar-refractivity contribution in [1.82, 2.24) is 5.01 Å². The molecule has 0 radical (unpaired) electrons. The predicted molar refractivity (Wildman–Crippen MR) is 131 cm³/mol. The molecule has 0 saturated carbocycles. The van der Waals surface area contributed by atoms with Crippen molar-refractivity contribution in [3.63, 3.8) is 0 Å². The summed E-state index contributed by atoms with van der Waals surface area (Å²) in [5.74, 6) is -0.614. The molecule has 5 rings (SSSR count). The number of nitrogens with zero attached hydrogens (tertiary/aromatic N) is 3. The van der Waals surface area contributed by atoms with Gasteiger partial charge >= 0.3 is 0 Å². The average Bonchev–Trinajstić information content (AvgIpc) is 3.29. The lowest BCUT2D eigenvalue weighted by atomic mass is 9.96. The highest BCUT2D eigenvalue weighted by Gasteiger charge is 2.33. The van der Waals surface area contributed by atoms with Gasteiger partial charge in [-0.3, -0.25) is 4.79 Å². The molecule has 0 aliphatic carbocycles. The van der Waals surface area contributed by atoms with E-state index in [4.69, 9.17) is 5.10 Å². The van der Waals surface area contributed by atoms with E-state index in [1.165, 1.54) is 24.3 Å². The molecule has 1 heterocycles. The van der Waals surface area contributed by atoms with Gasteiger partial charge in [-0.1, -0.05) is 48.5 Å². The second-order valence-corrected chi connectivity index (χ2v) is 8.47. The fourth-order valence-corrected chi connectivity index (χ4v) is 4.22. The summed E-state index contributed by atoms with van der Waals surface area (Å²) >= 11 is 0. The van der Waals surface area contributed by atoms with Gasteiger partial charge in [0.15, 0.2) is 0 Å².